The van der Waals surface area contributed by atoms with Gasteiger partial charge in [-0.05, 0) is 34.3 Å². The van der Waals surface area contributed by atoms with E-state index in [1.54, 1.807) is 28.2 Å². The van der Waals surface area contributed by atoms with Crippen LogP contribution in [0, 0.1) is 0 Å². The second-order valence-electron chi connectivity index (χ2n) is 4.25. The summed E-state index contributed by atoms with van der Waals surface area (Å²) in [5, 5.41) is 17.3. The number of hydrogen-bond donors (Lipinski definition) is 3. The van der Waals surface area contributed by atoms with Crippen LogP contribution in [0.3, 0.4) is 0 Å². The molecule has 10 nitrogen and oxygen atoms in total. The van der Waals surface area contributed by atoms with Crippen molar-refractivity contribution in [3.05, 3.63) is 49.5 Å². The topological polar surface area (TPSA) is 236 Å². The molecule has 10 N–H and O–H groups in total. The number of carbonyl (C=O) groups excluding carboxylic acids is 2. The summed E-state index contributed by atoms with van der Waals surface area (Å²) in [4.78, 5) is 21.5. The second-order valence-corrected chi connectivity index (χ2v) is 6.86. The predicted octanol–water partition coefficient (Wildman–Crippen LogP) is -7.60. The number of carboxylic acid groups (broad SMARTS) is 1. The number of methoxy groups -OCH3 is 1. The van der Waals surface area contributed by atoms with Gasteiger partial charge in [-0.3, -0.25) is 0 Å². The van der Waals surface area contributed by atoms with Gasteiger partial charge in [0.1, 0.15) is 4.88 Å². The van der Waals surface area contributed by atoms with E-state index in [1.807, 2.05) is 16.8 Å². The number of rotatable bonds is 2. The summed E-state index contributed by atoms with van der Waals surface area (Å²) < 4.78 is 4.47. The van der Waals surface area contributed by atoms with Crippen molar-refractivity contribution in [2.24, 2.45) is 0 Å². The minimum Gasteiger partial charge on any atom is -0.870 e. The first-order valence-corrected chi connectivity index (χ1v) is 9.30. The van der Waals surface area contributed by atoms with Crippen LogP contribution >= 0.6 is 46.4 Å². The van der Waals surface area contributed by atoms with Crippen LogP contribution in [0.2, 0.25) is 0 Å². The largest absolute Gasteiger partial charge is 1.00 e. The molecule has 0 radical (unpaired) electrons. The third kappa shape index (κ3) is 19.0. The minimum atomic E-state index is -1.21. The standard InChI is InChI=1S/C6H7NO2S.C5H5NO2S.C4H5NS.ClH.3Na.3H2O/c1-9-6(8)5-4(7)2-3-10-5;6-3-1-2-9-4(3)5(7)8;5-4-1-2-6-3-4;;;;;;;/h2-3H,7H2,1H3;1-2H,6H2,(H,7,8);1-3H,5H2;1H;;;;3*1H2/q;;;;3*+1;;;/p-3. The summed E-state index contributed by atoms with van der Waals surface area (Å²) in [7, 11) is 1.33. The number of ether oxygens (including phenoxy) is 1. The van der Waals surface area contributed by atoms with E-state index < -0.39 is 5.97 Å². The van der Waals surface area contributed by atoms with E-state index in [0.29, 0.717) is 10.6 Å². The van der Waals surface area contributed by atoms with E-state index in [0.717, 1.165) is 17.0 Å². The monoisotopic (exact) mass is 555 g/mol. The van der Waals surface area contributed by atoms with Crippen LogP contribution in [0.4, 0.5) is 17.1 Å². The molecule has 0 saturated heterocycles. The van der Waals surface area contributed by atoms with Gasteiger partial charge < -0.3 is 48.3 Å². The number of carbonyl (C=O) groups is 2. The second kappa shape index (κ2) is 27.9. The Hall–Kier alpha value is 0.610. The molecule has 0 fully saturated rings. The summed E-state index contributed by atoms with van der Waals surface area (Å²) in [6, 6.07) is 5.09. The molecule has 0 aliphatic heterocycles. The normalized spacial score (nSPS) is 7.16. The third-order valence-corrected chi connectivity index (χ3v) is 5.01. The van der Waals surface area contributed by atoms with Crippen LogP contribution in [0.5, 0.6) is 0 Å². The fraction of sp³-hybridized carbons (Fsp3) is 0.0667. The van der Waals surface area contributed by atoms with Crippen molar-refractivity contribution in [3.8, 4) is 0 Å². The maximum Gasteiger partial charge on any atom is 1.00 e. The first-order chi connectivity index (χ1) is 11.9. The van der Waals surface area contributed by atoms with Gasteiger partial charge in [0.25, 0.3) is 0 Å². The molecule has 3 heterocycles. The Labute approximate surface area is 270 Å². The van der Waals surface area contributed by atoms with Crippen LogP contribution in [0.1, 0.15) is 19.3 Å². The fourth-order valence-corrected chi connectivity index (χ4v) is 3.27. The van der Waals surface area contributed by atoms with E-state index in [9.17, 15) is 14.7 Å². The molecule has 0 aliphatic rings. The molecule has 0 amide bonds. The summed E-state index contributed by atoms with van der Waals surface area (Å²) in [5.74, 6) is -1.57. The SMILES string of the molecule is COC(=O)c1sccc1N.Cl.Nc1ccsc1.Nc1ccsc1C(=O)[O-].O.[Na+].[Na+].[Na+].[OH-].[OH-]. The molecule has 3 rings (SSSR count). The van der Waals surface area contributed by atoms with Crippen LogP contribution in [0.25, 0.3) is 0 Å². The van der Waals surface area contributed by atoms with Crippen LogP contribution in [0.15, 0.2) is 39.7 Å². The van der Waals surface area contributed by atoms with Gasteiger partial charge in [-0.2, -0.15) is 11.3 Å². The number of carboxylic acids is 1. The number of anilines is 3. The van der Waals surface area contributed by atoms with Crippen molar-refractivity contribution < 1.29 is 125 Å². The summed E-state index contributed by atoms with van der Waals surface area (Å²) >= 11 is 3.97. The van der Waals surface area contributed by atoms with Crippen molar-refractivity contribution in [1.82, 2.24) is 0 Å². The average molecular weight is 556 g/mol. The molecule has 0 spiro atoms. The Bertz CT molecular complexity index is 824. The maximum absolute atomic E-state index is 10.8. The number of thiophene rings is 3. The van der Waals surface area contributed by atoms with Gasteiger partial charge in [0.2, 0.25) is 0 Å². The van der Waals surface area contributed by atoms with Crippen molar-refractivity contribution in [2.75, 3.05) is 24.3 Å². The molecule has 0 saturated carbocycles. The van der Waals surface area contributed by atoms with Gasteiger partial charge in [-0.1, -0.05) is 0 Å². The van der Waals surface area contributed by atoms with Crippen LogP contribution in [-0.2, 0) is 4.74 Å². The quantitative estimate of drug-likeness (QED) is 0.201. The van der Waals surface area contributed by atoms with Crippen molar-refractivity contribution in [1.29, 1.82) is 0 Å². The first-order valence-electron chi connectivity index (χ1n) is 6.60. The molecule has 17 heteroatoms. The van der Waals surface area contributed by atoms with Crippen molar-refractivity contribution in [2.45, 2.75) is 0 Å². The average Bonchev–Trinajstić information content (AvgIpc) is 3.30. The zero-order chi connectivity index (χ0) is 18.8. The molecule has 0 aromatic carbocycles. The molecule has 0 bridgehead atoms. The van der Waals surface area contributed by atoms with Crippen molar-refractivity contribution >= 4 is 75.4 Å². The van der Waals surface area contributed by atoms with E-state index in [-0.39, 0.29) is 134 Å². The third-order valence-electron chi connectivity index (χ3n) is 2.49. The number of nitrogen functional groups attached to an aromatic ring is 3. The van der Waals surface area contributed by atoms with Gasteiger partial charge in [0.05, 0.1) is 29.3 Å². The molecule has 32 heavy (non-hydrogen) atoms. The van der Waals surface area contributed by atoms with Crippen LogP contribution < -0.4 is 111 Å². The van der Waals surface area contributed by atoms with Gasteiger partial charge in [-0.25, -0.2) is 4.79 Å². The number of halogens is 1. The zero-order valence-electron chi connectivity index (χ0n) is 17.9. The van der Waals surface area contributed by atoms with E-state index in [1.165, 1.54) is 24.5 Å². The predicted molar refractivity (Wildman–Crippen MR) is 117 cm³/mol. The number of hydrogen-bond acceptors (Lipinski definition) is 12. The summed E-state index contributed by atoms with van der Waals surface area (Å²) in [6.07, 6.45) is 0. The molecular weight excluding hydrogens is 535 g/mol. The van der Waals surface area contributed by atoms with Gasteiger partial charge in [0, 0.05) is 11.1 Å². The van der Waals surface area contributed by atoms with Gasteiger partial charge >= 0.3 is 94.6 Å². The number of aromatic carboxylic acids is 1. The first kappa shape index (κ1) is 49.7. The summed E-state index contributed by atoms with van der Waals surface area (Å²) in [5.41, 5.74) is 17.6. The molecule has 166 valence electrons. The Kier molecular flexibility index (Phi) is 43.2. The molecule has 3 aromatic heterocycles. The Balaban J connectivity index is -0.0000000538. The van der Waals surface area contributed by atoms with Crippen LogP contribution in [-0.4, -0.2) is 35.5 Å². The number of nitrogens with two attached hydrogens (primary N) is 3. The fourth-order valence-electron chi connectivity index (χ4n) is 1.34. The Morgan fingerprint density at radius 2 is 1.31 bits per heavy atom. The Morgan fingerprint density at radius 1 is 0.875 bits per heavy atom. The molecular formula is C15H21ClN3Na3O7S3. The van der Waals surface area contributed by atoms with E-state index in [2.05, 4.69) is 4.74 Å². The maximum atomic E-state index is 10.8. The smallest absolute Gasteiger partial charge is 0.870 e. The molecule has 3 aromatic rings. The Morgan fingerprint density at radius 3 is 1.50 bits per heavy atom. The van der Waals surface area contributed by atoms with Gasteiger partial charge in [-0.15, -0.1) is 35.1 Å². The van der Waals surface area contributed by atoms with Crippen molar-refractivity contribution in [3.63, 3.8) is 0 Å². The molecule has 0 unspecified atom stereocenters. The minimum absolute atomic E-state index is 0. The molecule has 0 aliphatic carbocycles. The van der Waals surface area contributed by atoms with E-state index in [4.69, 9.17) is 17.2 Å². The molecule has 0 atom stereocenters. The zero-order valence-corrected chi connectivity index (χ0v) is 27.2. The van der Waals surface area contributed by atoms with E-state index >= 15 is 0 Å². The number of esters is 1. The van der Waals surface area contributed by atoms with Gasteiger partial charge in [0.15, 0.2) is 0 Å². The summed E-state index contributed by atoms with van der Waals surface area (Å²) in [6.45, 7) is 0.